The molecule has 0 saturated carbocycles. The molecule has 27 heavy (non-hydrogen) atoms. The molecule has 0 amide bonds. The summed E-state index contributed by atoms with van der Waals surface area (Å²) in [5.41, 5.74) is 0.967. The fourth-order valence-electron chi connectivity index (χ4n) is 2.96. The maximum absolute atomic E-state index is 12.5. The summed E-state index contributed by atoms with van der Waals surface area (Å²) < 4.78 is 56.7. The first kappa shape index (κ1) is 19.9. The van der Waals surface area contributed by atoms with E-state index in [4.69, 9.17) is 4.18 Å². The molecule has 2 aromatic rings. The number of hydrogen-bond acceptors (Lipinski definition) is 5. The summed E-state index contributed by atoms with van der Waals surface area (Å²) in [5, 5.41) is 0. The maximum Gasteiger partial charge on any atom is 0.339 e. The van der Waals surface area contributed by atoms with Crippen molar-refractivity contribution in [2.45, 2.75) is 42.4 Å². The highest BCUT2D eigenvalue weighted by Gasteiger charge is 2.27. The molecular weight excluding hydrogens is 386 g/mol. The number of hydrogen-bond donors (Lipinski definition) is 0. The monoisotopic (exact) mass is 409 g/mol. The molecule has 0 radical (unpaired) electrons. The molecule has 1 aliphatic rings. The van der Waals surface area contributed by atoms with Gasteiger partial charge in [0.25, 0.3) is 0 Å². The molecule has 1 aliphatic heterocycles. The van der Waals surface area contributed by atoms with Gasteiger partial charge in [0.05, 0.1) is 4.90 Å². The summed E-state index contributed by atoms with van der Waals surface area (Å²) in [5.74, 6) is 0.473. The highest BCUT2D eigenvalue weighted by Crippen LogP contribution is 2.25. The van der Waals surface area contributed by atoms with E-state index in [0.29, 0.717) is 13.1 Å². The number of sulfonamides is 1. The lowest BCUT2D eigenvalue weighted by molar-refractivity contribution is 0.476. The average Bonchev–Trinajstić information content (AvgIpc) is 3.17. The van der Waals surface area contributed by atoms with Crippen LogP contribution in [-0.4, -0.2) is 34.2 Å². The maximum atomic E-state index is 12.5. The molecule has 6 nitrogen and oxygen atoms in total. The van der Waals surface area contributed by atoms with E-state index in [9.17, 15) is 16.8 Å². The van der Waals surface area contributed by atoms with Gasteiger partial charge in [-0.2, -0.15) is 12.7 Å². The van der Waals surface area contributed by atoms with Crippen molar-refractivity contribution >= 4 is 20.1 Å². The summed E-state index contributed by atoms with van der Waals surface area (Å²) >= 11 is 0. The molecule has 146 valence electrons. The molecule has 1 fully saturated rings. The Hall–Kier alpha value is -1.90. The predicted octanol–water partition coefficient (Wildman–Crippen LogP) is 3.36. The van der Waals surface area contributed by atoms with Crippen molar-refractivity contribution in [3.8, 4) is 5.75 Å². The van der Waals surface area contributed by atoms with Crippen LogP contribution in [0.1, 0.15) is 38.2 Å². The normalized spacial score (nSPS) is 16.0. The van der Waals surface area contributed by atoms with E-state index in [1.807, 2.05) is 19.9 Å². The van der Waals surface area contributed by atoms with Crippen molar-refractivity contribution in [3.05, 3.63) is 54.1 Å². The summed E-state index contributed by atoms with van der Waals surface area (Å²) in [6.45, 7) is 5.01. The van der Waals surface area contributed by atoms with Crippen molar-refractivity contribution in [1.82, 2.24) is 4.31 Å². The van der Waals surface area contributed by atoms with Gasteiger partial charge >= 0.3 is 10.1 Å². The second-order valence-electron chi connectivity index (χ2n) is 6.85. The Morgan fingerprint density at radius 1 is 0.889 bits per heavy atom. The Balaban J connectivity index is 1.82. The third-order valence-corrected chi connectivity index (χ3v) is 7.72. The van der Waals surface area contributed by atoms with E-state index in [2.05, 4.69) is 0 Å². The minimum Gasteiger partial charge on any atom is -0.379 e. The lowest BCUT2D eigenvalue weighted by Gasteiger charge is -2.15. The summed E-state index contributed by atoms with van der Waals surface area (Å²) in [4.78, 5) is 0.00276. The van der Waals surface area contributed by atoms with Crippen LogP contribution in [0.15, 0.2) is 58.3 Å². The van der Waals surface area contributed by atoms with Crippen molar-refractivity contribution in [2.75, 3.05) is 13.1 Å². The molecule has 1 saturated heterocycles. The third-order valence-electron chi connectivity index (χ3n) is 4.55. The Morgan fingerprint density at radius 3 is 2.07 bits per heavy atom. The minimum absolute atomic E-state index is 0.0854. The molecule has 0 spiro atoms. The first-order valence-corrected chi connectivity index (χ1v) is 11.7. The molecule has 1 heterocycles. The number of rotatable bonds is 6. The molecule has 0 bridgehead atoms. The molecule has 0 N–H and O–H groups in total. The van der Waals surface area contributed by atoms with E-state index < -0.39 is 20.1 Å². The van der Waals surface area contributed by atoms with Gasteiger partial charge in [-0.25, -0.2) is 8.42 Å². The first-order chi connectivity index (χ1) is 12.7. The zero-order valence-corrected chi connectivity index (χ0v) is 17.0. The smallest absolute Gasteiger partial charge is 0.339 e. The second-order valence-corrected chi connectivity index (χ2v) is 10.3. The van der Waals surface area contributed by atoms with Gasteiger partial charge in [0, 0.05) is 13.1 Å². The Kier molecular flexibility index (Phi) is 5.60. The highest BCUT2D eigenvalue weighted by atomic mass is 32.2. The van der Waals surface area contributed by atoms with Gasteiger partial charge in [0.2, 0.25) is 10.0 Å². The van der Waals surface area contributed by atoms with E-state index in [1.165, 1.54) is 28.6 Å². The van der Waals surface area contributed by atoms with Gasteiger partial charge in [-0.05, 0) is 60.7 Å². The number of nitrogens with zero attached hydrogens (tertiary/aromatic N) is 1. The summed E-state index contributed by atoms with van der Waals surface area (Å²) in [7, 11) is -7.62. The van der Waals surface area contributed by atoms with Crippen LogP contribution in [-0.2, 0) is 20.1 Å². The Labute approximate surface area is 161 Å². The molecule has 2 aromatic carbocycles. The lowest BCUT2D eigenvalue weighted by atomic mass is 10.0. The molecule has 0 aromatic heterocycles. The summed E-state index contributed by atoms with van der Waals surface area (Å²) in [6, 6.07) is 12.1. The highest BCUT2D eigenvalue weighted by molar-refractivity contribution is 7.89. The fraction of sp³-hybridized carbons (Fsp3) is 0.368. The largest absolute Gasteiger partial charge is 0.379 e. The number of benzene rings is 2. The van der Waals surface area contributed by atoms with E-state index in [0.717, 1.165) is 18.4 Å². The van der Waals surface area contributed by atoms with Crippen LogP contribution in [0.5, 0.6) is 5.75 Å². The topological polar surface area (TPSA) is 80.8 Å². The average molecular weight is 410 g/mol. The Morgan fingerprint density at radius 2 is 1.48 bits per heavy atom. The van der Waals surface area contributed by atoms with E-state index in [1.54, 1.807) is 18.2 Å². The van der Waals surface area contributed by atoms with Crippen LogP contribution >= 0.6 is 0 Å². The van der Waals surface area contributed by atoms with E-state index >= 15 is 0 Å². The van der Waals surface area contributed by atoms with Gasteiger partial charge in [-0.1, -0.05) is 26.0 Å². The zero-order chi connectivity index (χ0) is 19.7. The van der Waals surface area contributed by atoms with Crippen molar-refractivity contribution in [1.29, 1.82) is 0 Å². The van der Waals surface area contributed by atoms with Crippen LogP contribution in [0.3, 0.4) is 0 Å². The van der Waals surface area contributed by atoms with Gasteiger partial charge in [-0.15, -0.1) is 0 Å². The Bertz CT molecular complexity index is 1010. The van der Waals surface area contributed by atoms with Crippen molar-refractivity contribution in [3.63, 3.8) is 0 Å². The molecule has 0 unspecified atom stereocenters. The lowest BCUT2D eigenvalue weighted by Crippen LogP contribution is -2.27. The summed E-state index contributed by atoms with van der Waals surface area (Å²) in [6.07, 6.45) is 1.68. The zero-order valence-electron chi connectivity index (χ0n) is 15.3. The van der Waals surface area contributed by atoms with Crippen LogP contribution < -0.4 is 4.18 Å². The van der Waals surface area contributed by atoms with Gasteiger partial charge in [-0.3, -0.25) is 0 Å². The van der Waals surface area contributed by atoms with Crippen molar-refractivity contribution < 1.29 is 21.0 Å². The quantitative estimate of drug-likeness (QED) is 0.684. The minimum atomic E-state index is -4.05. The van der Waals surface area contributed by atoms with Gasteiger partial charge < -0.3 is 4.18 Å². The SMILES string of the molecule is CC(C)c1cccc(OS(=O)(=O)c2ccc(S(=O)(=O)N3CCCC3)cc2)c1. The third kappa shape index (κ3) is 4.34. The molecule has 0 aliphatic carbocycles. The van der Waals surface area contributed by atoms with Crippen LogP contribution in [0.25, 0.3) is 0 Å². The molecule has 3 rings (SSSR count). The van der Waals surface area contributed by atoms with E-state index in [-0.39, 0.29) is 21.5 Å². The van der Waals surface area contributed by atoms with Crippen LogP contribution in [0.2, 0.25) is 0 Å². The van der Waals surface area contributed by atoms with Crippen molar-refractivity contribution in [2.24, 2.45) is 0 Å². The predicted molar refractivity (Wildman–Crippen MR) is 103 cm³/mol. The standard InChI is InChI=1S/C19H23NO5S2/c1-15(2)16-6-5-7-17(14-16)25-27(23,24)19-10-8-18(9-11-19)26(21,22)20-12-3-4-13-20/h5-11,14-15H,3-4,12-13H2,1-2H3. The fourth-order valence-corrected chi connectivity index (χ4v) is 5.40. The van der Waals surface area contributed by atoms with Crippen LogP contribution in [0.4, 0.5) is 0 Å². The molecular formula is C19H23NO5S2. The first-order valence-electron chi connectivity index (χ1n) is 8.85. The second kappa shape index (κ2) is 7.61. The van der Waals surface area contributed by atoms with Gasteiger partial charge in [0.1, 0.15) is 10.6 Å². The molecule has 8 heteroatoms. The van der Waals surface area contributed by atoms with Crippen LogP contribution in [0, 0.1) is 0 Å². The van der Waals surface area contributed by atoms with Gasteiger partial charge in [0.15, 0.2) is 0 Å². The molecule has 0 atom stereocenters.